The second-order valence-corrected chi connectivity index (χ2v) is 4.50. The number of carbonyl (C=O) groups excluding carboxylic acids is 1. The zero-order chi connectivity index (χ0) is 12.0. The second kappa shape index (κ2) is 6.44. The van der Waals surface area contributed by atoms with Crippen LogP contribution in [0.1, 0.15) is 32.8 Å². The van der Waals surface area contributed by atoms with Crippen LogP contribution in [0.2, 0.25) is 0 Å². The normalized spacial score (nSPS) is 12.8. The molecule has 0 aliphatic heterocycles. The average Bonchev–Trinajstić information content (AvgIpc) is 2.26. The van der Waals surface area contributed by atoms with Crippen LogP contribution < -0.4 is 0 Å². The standard InChI is InChI=1S/C14H20O2/c1-11(2)9-14(15)12(3)16-10-13-7-5-4-6-8-13/h4-8,11-12H,9-10H2,1-3H3. The second-order valence-electron chi connectivity index (χ2n) is 4.50. The van der Waals surface area contributed by atoms with Gasteiger partial charge in [-0.3, -0.25) is 4.79 Å². The SMILES string of the molecule is CC(C)CC(=O)C(C)OCc1ccccc1. The van der Waals surface area contributed by atoms with Gasteiger partial charge in [0.15, 0.2) is 5.78 Å². The number of carbonyl (C=O) groups is 1. The first-order valence-electron chi connectivity index (χ1n) is 5.78. The molecule has 1 aromatic rings. The van der Waals surface area contributed by atoms with E-state index in [-0.39, 0.29) is 11.9 Å². The van der Waals surface area contributed by atoms with E-state index in [0.717, 1.165) is 5.56 Å². The maximum absolute atomic E-state index is 11.6. The Morgan fingerprint density at radius 3 is 2.38 bits per heavy atom. The molecule has 0 fully saturated rings. The minimum Gasteiger partial charge on any atom is -0.366 e. The van der Waals surface area contributed by atoms with Crippen LogP contribution in [0.25, 0.3) is 0 Å². The summed E-state index contributed by atoms with van der Waals surface area (Å²) in [5.41, 5.74) is 1.10. The summed E-state index contributed by atoms with van der Waals surface area (Å²) in [6.07, 6.45) is 0.290. The number of Topliss-reactive ketones (excluding diaryl/α,β-unsaturated/α-hetero) is 1. The lowest BCUT2D eigenvalue weighted by Crippen LogP contribution is -2.21. The maximum Gasteiger partial charge on any atom is 0.161 e. The van der Waals surface area contributed by atoms with Gasteiger partial charge in [-0.05, 0) is 18.4 Å². The van der Waals surface area contributed by atoms with Gasteiger partial charge in [-0.2, -0.15) is 0 Å². The first kappa shape index (κ1) is 12.9. The maximum atomic E-state index is 11.6. The monoisotopic (exact) mass is 220 g/mol. The molecule has 1 unspecified atom stereocenters. The van der Waals surface area contributed by atoms with Gasteiger partial charge in [-0.1, -0.05) is 44.2 Å². The Morgan fingerprint density at radius 2 is 1.81 bits per heavy atom. The average molecular weight is 220 g/mol. The predicted molar refractivity (Wildman–Crippen MR) is 65.2 cm³/mol. The number of hydrogen-bond donors (Lipinski definition) is 0. The molecule has 1 atom stereocenters. The van der Waals surface area contributed by atoms with Crippen molar-refractivity contribution in [2.45, 2.75) is 39.9 Å². The summed E-state index contributed by atoms with van der Waals surface area (Å²) in [5.74, 6) is 0.584. The predicted octanol–water partition coefficient (Wildman–Crippen LogP) is 3.21. The Bertz CT molecular complexity index is 317. The number of rotatable bonds is 6. The van der Waals surface area contributed by atoms with Crippen molar-refractivity contribution >= 4 is 5.78 Å². The third kappa shape index (κ3) is 4.58. The van der Waals surface area contributed by atoms with Gasteiger partial charge < -0.3 is 4.74 Å². The smallest absolute Gasteiger partial charge is 0.161 e. The van der Waals surface area contributed by atoms with Crippen molar-refractivity contribution in [2.24, 2.45) is 5.92 Å². The van der Waals surface area contributed by atoms with Crippen LogP contribution in [0.4, 0.5) is 0 Å². The highest BCUT2D eigenvalue weighted by molar-refractivity contribution is 5.82. The molecule has 0 amide bonds. The quantitative estimate of drug-likeness (QED) is 0.736. The molecule has 1 aromatic carbocycles. The van der Waals surface area contributed by atoms with Gasteiger partial charge in [0.2, 0.25) is 0 Å². The molecule has 16 heavy (non-hydrogen) atoms. The molecule has 0 heterocycles. The minimum absolute atomic E-state index is 0.186. The van der Waals surface area contributed by atoms with Crippen molar-refractivity contribution in [3.8, 4) is 0 Å². The van der Waals surface area contributed by atoms with Gasteiger partial charge in [0.05, 0.1) is 6.61 Å². The number of hydrogen-bond acceptors (Lipinski definition) is 2. The Balaban J connectivity index is 2.35. The lowest BCUT2D eigenvalue weighted by Gasteiger charge is -2.13. The summed E-state index contributed by atoms with van der Waals surface area (Å²) in [4.78, 5) is 11.6. The lowest BCUT2D eigenvalue weighted by molar-refractivity contribution is -0.130. The molecule has 0 N–H and O–H groups in total. The molecule has 0 aliphatic carbocycles. The highest BCUT2D eigenvalue weighted by Crippen LogP contribution is 2.08. The Labute approximate surface area is 97.6 Å². The van der Waals surface area contributed by atoms with Gasteiger partial charge in [0, 0.05) is 6.42 Å². The topological polar surface area (TPSA) is 26.3 Å². The van der Waals surface area contributed by atoms with Crippen LogP contribution >= 0.6 is 0 Å². The van der Waals surface area contributed by atoms with Crippen LogP contribution in [0.5, 0.6) is 0 Å². The molecule has 1 rings (SSSR count). The van der Waals surface area contributed by atoms with E-state index in [1.165, 1.54) is 0 Å². The van der Waals surface area contributed by atoms with Crippen molar-refractivity contribution in [1.82, 2.24) is 0 Å². The third-order valence-electron chi connectivity index (χ3n) is 2.41. The highest BCUT2D eigenvalue weighted by atomic mass is 16.5. The van der Waals surface area contributed by atoms with Crippen molar-refractivity contribution in [1.29, 1.82) is 0 Å². The molecule has 0 bridgehead atoms. The fourth-order valence-corrected chi connectivity index (χ4v) is 1.46. The van der Waals surface area contributed by atoms with Crippen LogP contribution in [-0.2, 0) is 16.1 Å². The third-order valence-corrected chi connectivity index (χ3v) is 2.41. The highest BCUT2D eigenvalue weighted by Gasteiger charge is 2.14. The van der Waals surface area contributed by atoms with E-state index in [0.29, 0.717) is 18.9 Å². The fourth-order valence-electron chi connectivity index (χ4n) is 1.46. The number of benzene rings is 1. The summed E-state index contributed by atoms with van der Waals surface area (Å²) in [5, 5.41) is 0. The zero-order valence-corrected chi connectivity index (χ0v) is 10.3. The fraction of sp³-hybridized carbons (Fsp3) is 0.500. The first-order valence-corrected chi connectivity index (χ1v) is 5.78. The molecular formula is C14H20O2. The molecule has 88 valence electrons. The molecule has 2 heteroatoms. The molecule has 0 radical (unpaired) electrons. The van der Waals surface area contributed by atoms with Gasteiger partial charge in [0.25, 0.3) is 0 Å². The van der Waals surface area contributed by atoms with E-state index >= 15 is 0 Å². The van der Waals surface area contributed by atoms with E-state index < -0.39 is 0 Å². The molecule has 0 saturated heterocycles. The van der Waals surface area contributed by atoms with Crippen molar-refractivity contribution in [2.75, 3.05) is 0 Å². The lowest BCUT2D eigenvalue weighted by atomic mass is 10.0. The molecule has 2 nitrogen and oxygen atoms in total. The van der Waals surface area contributed by atoms with Crippen molar-refractivity contribution in [3.05, 3.63) is 35.9 Å². The molecule has 0 aliphatic rings. The van der Waals surface area contributed by atoms with E-state index in [9.17, 15) is 4.79 Å². The zero-order valence-electron chi connectivity index (χ0n) is 10.3. The van der Waals surface area contributed by atoms with Crippen LogP contribution in [0, 0.1) is 5.92 Å². The van der Waals surface area contributed by atoms with E-state index in [2.05, 4.69) is 0 Å². The molecular weight excluding hydrogens is 200 g/mol. The summed E-state index contributed by atoms with van der Waals surface area (Å²) < 4.78 is 5.54. The van der Waals surface area contributed by atoms with E-state index in [4.69, 9.17) is 4.74 Å². The summed E-state index contributed by atoms with van der Waals surface area (Å²) in [6.45, 7) is 6.42. The van der Waals surface area contributed by atoms with Gasteiger partial charge in [0.1, 0.15) is 6.10 Å². The van der Waals surface area contributed by atoms with Crippen molar-refractivity contribution < 1.29 is 9.53 Å². The molecule has 0 aromatic heterocycles. The van der Waals surface area contributed by atoms with Crippen LogP contribution in [-0.4, -0.2) is 11.9 Å². The van der Waals surface area contributed by atoms with E-state index in [1.54, 1.807) is 0 Å². The van der Waals surface area contributed by atoms with Gasteiger partial charge in [-0.25, -0.2) is 0 Å². The number of ether oxygens (including phenoxy) is 1. The van der Waals surface area contributed by atoms with Gasteiger partial charge >= 0.3 is 0 Å². The van der Waals surface area contributed by atoms with Gasteiger partial charge in [-0.15, -0.1) is 0 Å². The summed E-state index contributed by atoms with van der Waals surface area (Å²) in [6, 6.07) is 9.91. The Morgan fingerprint density at radius 1 is 1.19 bits per heavy atom. The Hall–Kier alpha value is -1.15. The Kier molecular flexibility index (Phi) is 5.20. The minimum atomic E-state index is -0.303. The summed E-state index contributed by atoms with van der Waals surface area (Å²) in [7, 11) is 0. The first-order chi connectivity index (χ1) is 7.59. The van der Waals surface area contributed by atoms with Crippen LogP contribution in [0.3, 0.4) is 0 Å². The molecule has 0 spiro atoms. The van der Waals surface area contributed by atoms with Crippen LogP contribution in [0.15, 0.2) is 30.3 Å². The largest absolute Gasteiger partial charge is 0.366 e. The van der Waals surface area contributed by atoms with Crippen molar-refractivity contribution in [3.63, 3.8) is 0 Å². The summed E-state index contributed by atoms with van der Waals surface area (Å²) >= 11 is 0. The van der Waals surface area contributed by atoms with E-state index in [1.807, 2.05) is 51.1 Å². The molecule has 0 saturated carbocycles. The number of ketones is 1.